The standard InChI is InChI=1S/C14H7BrCl2F2N2/c15-8-4-13(10(19)5-9(8)18)21-12-2-1-7(17)3-11(12)20-14(21)6-16/h1-5H,6H2. The number of hydrogen-bond donors (Lipinski definition) is 0. The van der Waals surface area contributed by atoms with E-state index in [0.717, 1.165) is 6.07 Å². The molecule has 108 valence electrons. The fraction of sp³-hybridized carbons (Fsp3) is 0.0714. The quantitative estimate of drug-likeness (QED) is 0.419. The minimum Gasteiger partial charge on any atom is -0.292 e. The average molecular weight is 392 g/mol. The summed E-state index contributed by atoms with van der Waals surface area (Å²) in [6.07, 6.45) is 0. The number of halogens is 5. The molecule has 0 atom stereocenters. The first-order chi connectivity index (χ1) is 10.0. The molecule has 7 heteroatoms. The Balaban J connectivity index is 2.36. The maximum Gasteiger partial charge on any atom is 0.150 e. The Hall–Kier alpha value is -1.17. The number of rotatable bonds is 2. The van der Waals surface area contributed by atoms with E-state index < -0.39 is 11.6 Å². The normalized spacial score (nSPS) is 11.3. The number of alkyl halides is 1. The summed E-state index contributed by atoms with van der Waals surface area (Å²) < 4.78 is 29.2. The van der Waals surface area contributed by atoms with Gasteiger partial charge in [0.15, 0.2) is 0 Å². The fourth-order valence-corrected chi connectivity index (χ4v) is 2.82. The van der Waals surface area contributed by atoms with Crippen molar-refractivity contribution in [2.24, 2.45) is 0 Å². The minimum atomic E-state index is -0.698. The van der Waals surface area contributed by atoms with E-state index in [-0.39, 0.29) is 16.0 Å². The molecule has 0 amide bonds. The van der Waals surface area contributed by atoms with Crippen molar-refractivity contribution in [3.05, 3.63) is 57.3 Å². The van der Waals surface area contributed by atoms with Gasteiger partial charge in [0, 0.05) is 11.1 Å². The van der Waals surface area contributed by atoms with Gasteiger partial charge < -0.3 is 0 Å². The Labute approximate surface area is 137 Å². The lowest BCUT2D eigenvalue weighted by Crippen LogP contribution is -2.03. The molecule has 21 heavy (non-hydrogen) atoms. The maximum absolute atomic E-state index is 14.1. The summed E-state index contributed by atoms with van der Waals surface area (Å²) in [6, 6.07) is 7.24. The maximum atomic E-state index is 14.1. The number of aromatic nitrogens is 2. The van der Waals surface area contributed by atoms with Gasteiger partial charge in [-0.25, -0.2) is 13.8 Å². The molecule has 2 aromatic carbocycles. The highest BCUT2D eigenvalue weighted by Crippen LogP contribution is 2.29. The van der Waals surface area contributed by atoms with Crippen LogP contribution in [0.3, 0.4) is 0 Å². The van der Waals surface area contributed by atoms with Crippen LogP contribution in [0.4, 0.5) is 8.78 Å². The predicted octanol–water partition coefficient (Wildman–Crippen LogP) is 5.46. The van der Waals surface area contributed by atoms with E-state index in [9.17, 15) is 8.78 Å². The van der Waals surface area contributed by atoms with Gasteiger partial charge in [-0.05, 0) is 40.2 Å². The SMILES string of the molecule is Fc1cc(F)c(-n2c(CCl)nc3cc(Cl)ccc32)cc1Br. The van der Waals surface area contributed by atoms with E-state index in [0.29, 0.717) is 21.9 Å². The Kier molecular flexibility index (Phi) is 3.90. The summed E-state index contributed by atoms with van der Waals surface area (Å²) in [6.45, 7) is 0. The van der Waals surface area contributed by atoms with Crippen LogP contribution >= 0.6 is 39.1 Å². The highest BCUT2D eigenvalue weighted by atomic mass is 79.9. The minimum absolute atomic E-state index is 0.0841. The summed E-state index contributed by atoms with van der Waals surface area (Å²) in [5.41, 5.74) is 1.41. The highest BCUT2D eigenvalue weighted by molar-refractivity contribution is 9.10. The smallest absolute Gasteiger partial charge is 0.150 e. The molecule has 0 saturated heterocycles. The van der Waals surface area contributed by atoms with Gasteiger partial charge >= 0.3 is 0 Å². The van der Waals surface area contributed by atoms with Crippen LogP contribution in [0, 0.1) is 11.6 Å². The van der Waals surface area contributed by atoms with Crippen LogP contribution in [0.1, 0.15) is 5.82 Å². The highest BCUT2D eigenvalue weighted by Gasteiger charge is 2.17. The third-order valence-electron chi connectivity index (χ3n) is 3.04. The molecule has 0 N–H and O–H groups in total. The molecule has 0 saturated carbocycles. The molecule has 0 fully saturated rings. The third kappa shape index (κ3) is 2.54. The van der Waals surface area contributed by atoms with Crippen molar-refractivity contribution in [3.63, 3.8) is 0 Å². The molecule has 2 nitrogen and oxygen atoms in total. The first-order valence-electron chi connectivity index (χ1n) is 5.89. The molecule has 0 radical (unpaired) electrons. The number of fused-ring (bicyclic) bond motifs is 1. The van der Waals surface area contributed by atoms with Crippen LogP contribution < -0.4 is 0 Å². The van der Waals surface area contributed by atoms with Crippen molar-refractivity contribution < 1.29 is 8.78 Å². The van der Waals surface area contributed by atoms with Gasteiger partial charge in [0.1, 0.15) is 17.5 Å². The van der Waals surface area contributed by atoms with Crippen LogP contribution in [-0.2, 0) is 5.88 Å². The van der Waals surface area contributed by atoms with E-state index in [4.69, 9.17) is 23.2 Å². The lowest BCUT2D eigenvalue weighted by molar-refractivity contribution is 0.573. The van der Waals surface area contributed by atoms with Gasteiger partial charge in [0.25, 0.3) is 0 Å². The van der Waals surface area contributed by atoms with Crippen LogP contribution in [0.15, 0.2) is 34.8 Å². The Bertz CT molecular complexity index is 849. The Morgan fingerprint density at radius 3 is 2.62 bits per heavy atom. The molecular formula is C14H7BrCl2F2N2. The number of hydrogen-bond acceptors (Lipinski definition) is 1. The van der Waals surface area contributed by atoms with Gasteiger partial charge in [-0.3, -0.25) is 4.57 Å². The second-order valence-corrected chi connectivity index (χ2v) is 5.91. The van der Waals surface area contributed by atoms with Gasteiger partial charge in [0.05, 0.1) is 27.1 Å². The van der Waals surface area contributed by atoms with E-state index in [2.05, 4.69) is 20.9 Å². The molecule has 0 aliphatic rings. The molecule has 0 bridgehead atoms. The number of benzene rings is 2. The Morgan fingerprint density at radius 2 is 1.90 bits per heavy atom. The lowest BCUT2D eigenvalue weighted by Gasteiger charge is -2.10. The van der Waals surface area contributed by atoms with Crippen LogP contribution in [0.2, 0.25) is 5.02 Å². The zero-order chi connectivity index (χ0) is 15.1. The molecule has 1 heterocycles. The molecule has 0 aliphatic carbocycles. The second-order valence-electron chi connectivity index (χ2n) is 4.35. The van der Waals surface area contributed by atoms with Crippen molar-refractivity contribution in [1.29, 1.82) is 0 Å². The van der Waals surface area contributed by atoms with E-state index >= 15 is 0 Å². The molecule has 1 aromatic heterocycles. The molecule has 0 spiro atoms. The topological polar surface area (TPSA) is 17.8 Å². The summed E-state index contributed by atoms with van der Waals surface area (Å²) in [4.78, 5) is 4.33. The third-order valence-corrected chi connectivity index (χ3v) is 4.12. The molecular weight excluding hydrogens is 385 g/mol. The van der Waals surface area contributed by atoms with E-state index in [1.165, 1.54) is 6.07 Å². The van der Waals surface area contributed by atoms with Crippen molar-refractivity contribution in [2.45, 2.75) is 5.88 Å². The largest absolute Gasteiger partial charge is 0.292 e. The average Bonchev–Trinajstić information content (AvgIpc) is 2.80. The first kappa shape index (κ1) is 14.8. The fourth-order valence-electron chi connectivity index (χ4n) is 2.15. The van der Waals surface area contributed by atoms with Crippen molar-refractivity contribution in [3.8, 4) is 5.69 Å². The second kappa shape index (κ2) is 5.55. The van der Waals surface area contributed by atoms with Crippen LogP contribution in [0.25, 0.3) is 16.7 Å². The predicted molar refractivity (Wildman–Crippen MR) is 83.3 cm³/mol. The van der Waals surface area contributed by atoms with Crippen LogP contribution in [0.5, 0.6) is 0 Å². The molecule has 3 rings (SSSR count). The zero-order valence-electron chi connectivity index (χ0n) is 10.4. The molecule has 0 unspecified atom stereocenters. The lowest BCUT2D eigenvalue weighted by atomic mass is 10.2. The molecule has 0 aliphatic heterocycles. The van der Waals surface area contributed by atoms with Gasteiger partial charge in [-0.15, -0.1) is 11.6 Å². The summed E-state index contributed by atoms with van der Waals surface area (Å²) >= 11 is 14.9. The monoisotopic (exact) mass is 390 g/mol. The zero-order valence-corrected chi connectivity index (χ0v) is 13.5. The van der Waals surface area contributed by atoms with E-state index in [1.54, 1.807) is 22.8 Å². The van der Waals surface area contributed by atoms with Gasteiger partial charge in [-0.1, -0.05) is 11.6 Å². The Morgan fingerprint density at radius 1 is 1.14 bits per heavy atom. The summed E-state index contributed by atoms with van der Waals surface area (Å²) in [5, 5.41) is 0.522. The van der Waals surface area contributed by atoms with Gasteiger partial charge in [0.2, 0.25) is 0 Å². The number of imidazole rings is 1. The summed E-state index contributed by atoms with van der Waals surface area (Å²) in [7, 11) is 0. The number of nitrogens with zero attached hydrogens (tertiary/aromatic N) is 2. The van der Waals surface area contributed by atoms with E-state index in [1.807, 2.05) is 0 Å². The summed E-state index contributed by atoms with van der Waals surface area (Å²) in [5.74, 6) is -0.834. The molecule has 3 aromatic rings. The first-order valence-corrected chi connectivity index (χ1v) is 7.59. The van der Waals surface area contributed by atoms with Crippen molar-refractivity contribution in [2.75, 3.05) is 0 Å². The van der Waals surface area contributed by atoms with Crippen molar-refractivity contribution >= 4 is 50.2 Å². The van der Waals surface area contributed by atoms with Crippen molar-refractivity contribution in [1.82, 2.24) is 9.55 Å². The van der Waals surface area contributed by atoms with Gasteiger partial charge in [-0.2, -0.15) is 0 Å². The van der Waals surface area contributed by atoms with Crippen LogP contribution in [-0.4, -0.2) is 9.55 Å².